The lowest BCUT2D eigenvalue weighted by Crippen LogP contribution is -2.31. The predicted molar refractivity (Wildman–Crippen MR) is 111 cm³/mol. The minimum atomic E-state index is -4.43. The van der Waals surface area contributed by atoms with Crippen molar-refractivity contribution < 1.29 is 22.8 Å². The van der Waals surface area contributed by atoms with Crippen molar-refractivity contribution in [2.75, 3.05) is 4.90 Å². The number of amides is 2. The molecule has 0 bridgehead atoms. The van der Waals surface area contributed by atoms with E-state index in [9.17, 15) is 22.8 Å². The van der Waals surface area contributed by atoms with Crippen LogP contribution in [0.3, 0.4) is 0 Å². The summed E-state index contributed by atoms with van der Waals surface area (Å²) in [7, 11) is 0. The monoisotopic (exact) mass is 508 g/mol. The summed E-state index contributed by atoms with van der Waals surface area (Å²) in [4.78, 5) is 30.6. The van der Waals surface area contributed by atoms with Gasteiger partial charge in [0, 0.05) is 16.5 Å². The zero-order valence-electron chi connectivity index (χ0n) is 15.5. The Bertz CT molecular complexity index is 1140. The molecule has 1 aliphatic rings. The van der Waals surface area contributed by atoms with Crippen LogP contribution >= 0.6 is 27.7 Å². The third kappa shape index (κ3) is 4.62. The zero-order valence-corrected chi connectivity index (χ0v) is 17.9. The highest BCUT2D eigenvalue weighted by atomic mass is 79.9. The van der Waals surface area contributed by atoms with Crippen LogP contribution in [0, 0.1) is 0 Å². The van der Waals surface area contributed by atoms with Crippen molar-refractivity contribution in [3.8, 4) is 11.3 Å². The molecule has 1 unspecified atom stereocenters. The molecule has 3 aromatic rings. The van der Waals surface area contributed by atoms with E-state index in [2.05, 4.69) is 31.1 Å². The first-order chi connectivity index (χ1) is 14.7. The van der Waals surface area contributed by atoms with Crippen LogP contribution in [0.5, 0.6) is 0 Å². The molecule has 1 atom stereocenters. The fourth-order valence-electron chi connectivity index (χ4n) is 2.99. The van der Waals surface area contributed by atoms with Crippen molar-refractivity contribution in [1.82, 2.24) is 15.2 Å². The van der Waals surface area contributed by atoms with Crippen molar-refractivity contribution in [3.05, 3.63) is 64.8 Å². The molecule has 31 heavy (non-hydrogen) atoms. The van der Waals surface area contributed by atoms with Gasteiger partial charge in [0.25, 0.3) is 0 Å². The quantitative estimate of drug-likeness (QED) is 0.473. The van der Waals surface area contributed by atoms with Gasteiger partial charge in [-0.2, -0.15) is 18.3 Å². The Hall–Kier alpha value is -2.79. The molecule has 2 amide bonds. The number of carbonyl (C=O) groups is 2. The number of thioether (sulfide) groups is 1. The van der Waals surface area contributed by atoms with Crippen LogP contribution in [0.25, 0.3) is 11.3 Å². The number of halogens is 4. The van der Waals surface area contributed by atoms with E-state index in [0.717, 1.165) is 33.3 Å². The van der Waals surface area contributed by atoms with Gasteiger partial charge in [0.15, 0.2) is 0 Å². The first-order valence-electron chi connectivity index (χ1n) is 8.89. The van der Waals surface area contributed by atoms with Gasteiger partial charge in [-0.25, -0.2) is 9.88 Å². The van der Waals surface area contributed by atoms with Crippen molar-refractivity contribution >= 4 is 45.2 Å². The molecular formula is C20H12BrF3N4O2S. The molecule has 0 spiro atoms. The molecule has 158 valence electrons. The number of imide groups is 1. The number of hydrogen-bond donors (Lipinski definition) is 0. The summed E-state index contributed by atoms with van der Waals surface area (Å²) in [6, 6.07) is 11.3. The van der Waals surface area contributed by atoms with Crippen LogP contribution in [0.15, 0.2) is 64.4 Å². The average molecular weight is 509 g/mol. The van der Waals surface area contributed by atoms with Crippen LogP contribution in [-0.2, 0) is 15.8 Å². The Morgan fingerprint density at radius 3 is 2.35 bits per heavy atom. The molecule has 11 heteroatoms. The number of anilines is 1. The lowest BCUT2D eigenvalue weighted by molar-refractivity contribution is -0.137. The van der Waals surface area contributed by atoms with Crippen molar-refractivity contribution in [1.29, 1.82) is 0 Å². The van der Waals surface area contributed by atoms with Gasteiger partial charge < -0.3 is 0 Å². The number of nitrogens with zero attached hydrogens (tertiary/aromatic N) is 4. The SMILES string of the molecule is O=C1CC(Sc2nncc(-c3ccc(C(F)(F)F)cc3)n2)C(=O)N1c1ccc(Br)cc1. The summed E-state index contributed by atoms with van der Waals surface area (Å²) >= 11 is 4.30. The summed E-state index contributed by atoms with van der Waals surface area (Å²) in [5, 5.41) is 7.15. The van der Waals surface area contributed by atoms with Gasteiger partial charge in [0.2, 0.25) is 17.0 Å². The zero-order chi connectivity index (χ0) is 22.2. The average Bonchev–Trinajstić information content (AvgIpc) is 3.01. The van der Waals surface area contributed by atoms with E-state index in [1.165, 1.54) is 18.3 Å². The highest BCUT2D eigenvalue weighted by Crippen LogP contribution is 2.34. The molecular weight excluding hydrogens is 497 g/mol. The first-order valence-corrected chi connectivity index (χ1v) is 10.6. The maximum Gasteiger partial charge on any atom is 0.416 e. The van der Waals surface area contributed by atoms with E-state index in [1.807, 2.05) is 0 Å². The topological polar surface area (TPSA) is 76.0 Å². The van der Waals surface area contributed by atoms with Crippen LogP contribution in [0.2, 0.25) is 0 Å². The number of rotatable bonds is 4. The van der Waals surface area contributed by atoms with Crippen molar-refractivity contribution in [2.45, 2.75) is 23.0 Å². The molecule has 6 nitrogen and oxygen atoms in total. The Kier molecular flexibility index (Phi) is 5.80. The highest BCUT2D eigenvalue weighted by Gasteiger charge is 2.40. The fraction of sp³-hybridized carbons (Fsp3) is 0.150. The molecule has 0 radical (unpaired) electrons. The van der Waals surface area contributed by atoms with Gasteiger partial charge in [-0.15, -0.1) is 5.10 Å². The standard InChI is InChI=1S/C20H12BrF3N4O2S/c21-13-5-7-14(8-6-13)28-17(29)9-16(18(28)30)31-19-26-15(10-25-27-19)11-1-3-12(4-2-11)20(22,23)24/h1-8,10,16H,9H2. The third-order valence-corrected chi connectivity index (χ3v) is 6.05. The fourth-order valence-corrected chi connectivity index (χ4v) is 4.19. The Morgan fingerprint density at radius 1 is 1.03 bits per heavy atom. The van der Waals surface area contributed by atoms with Gasteiger partial charge in [-0.3, -0.25) is 9.59 Å². The summed E-state index contributed by atoms with van der Waals surface area (Å²) in [6.45, 7) is 0. The summed E-state index contributed by atoms with van der Waals surface area (Å²) in [5.74, 6) is -0.725. The van der Waals surface area contributed by atoms with Gasteiger partial charge in [-0.05, 0) is 36.4 Å². The normalized spacial score (nSPS) is 16.8. The van der Waals surface area contributed by atoms with E-state index in [0.29, 0.717) is 16.9 Å². The first kappa shape index (κ1) is 21.4. The maximum atomic E-state index is 12.8. The molecule has 4 rings (SSSR count). The van der Waals surface area contributed by atoms with Crippen molar-refractivity contribution in [3.63, 3.8) is 0 Å². The lowest BCUT2D eigenvalue weighted by Gasteiger charge is -2.14. The Labute approximate surface area is 187 Å². The van der Waals surface area contributed by atoms with E-state index < -0.39 is 17.0 Å². The van der Waals surface area contributed by atoms with Crippen LogP contribution < -0.4 is 4.90 Å². The minimum absolute atomic E-state index is 0.0204. The smallest absolute Gasteiger partial charge is 0.274 e. The van der Waals surface area contributed by atoms with Gasteiger partial charge in [0.1, 0.15) is 5.25 Å². The van der Waals surface area contributed by atoms with Gasteiger partial charge in [0.05, 0.1) is 23.1 Å². The van der Waals surface area contributed by atoms with Crippen LogP contribution in [0.1, 0.15) is 12.0 Å². The predicted octanol–water partition coefficient (Wildman–Crippen LogP) is 4.74. The number of hydrogen-bond acceptors (Lipinski definition) is 6. The van der Waals surface area contributed by atoms with Gasteiger partial charge in [-0.1, -0.05) is 39.8 Å². The van der Waals surface area contributed by atoms with E-state index in [1.54, 1.807) is 24.3 Å². The lowest BCUT2D eigenvalue weighted by atomic mass is 10.1. The number of alkyl halides is 3. The third-order valence-electron chi connectivity index (χ3n) is 4.49. The summed E-state index contributed by atoms with van der Waals surface area (Å²) in [5.41, 5.74) is 0.442. The molecule has 0 aliphatic carbocycles. The minimum Gasteiger partial charge on any atom is -0.274 e. The van der Waals surface area contributed by atoms with E-state index in [-0.39, 0.29) is 23.4 Å². The number of carbonyl (C=O) groups excluding carboxylic acids is 2. The van der Waals surface area contributed by atoms with E-state index >= 15 is 0 Å². The molecule has 0 N–H and O–H groups in total. The molecule has 2 heterocycles. The molecule has 1 aromatic heterocycles. The highest BCUT2D eigenvalue weighted by molar-refractivity contribution is 9.10. The number of benzene rings is 2. The summed E-state index contributed by atoms with van der Waals surface area (Å²) < 4.78 is 39.1. The second kappa shape index (κ2) is 8.39. The molecule has 2 aromatic carbocycles. The van der Waals surface area contributed by atoms with Crippen LogP contribution in [-0.4, -0.2) is 32.2 Å². The largest absolute Gasteiger partial charge is 0.416 e. The molecule has 1 fully saturated rings. The molecule has 0 saturated carbocycles. The second-order valence-electron chi connectivity index (χ2n) is 6.55. The van der Waals surface area contributed by atoms with Crippen LogP contribution in [0.4, 0.5) is 18.9 Å². The van der Waals surface area contributed by atoms with Crippen molar-refractivity contribution in [2.24, 2.45) is 0 Å². The Balaban J connectivity index is 1.52. The van der Waals surface area contributed by atoms with E-state index in [4.69, 9.17) is 0 Å². The molecule has 1 saturated heterocycles. The Morgan fingerprint density at radius 2 is 1.71 bits per heavy atom. The number of aromatic nitrogens is 3. The van der Waals surface area contributed by atoms with Gasteiger partial charge >= 0.3 is 6.18 Å². The maximum absolute atomic E-state index is 12.8. The second-order valence-corrected chi connectivity index (χ2v) is 8.64. The molecule has 1 aliphatic heterocycles. The summed E-state index contributed by atoms with van der Waals surface area (Å²) in [6.07, 6.45) is -3.13.